The zero-order valence-corrected chi connectivity index (χ0v) is 13.9. The number of nitro groups is 1. The Balaban J connectivity index is 2.38. The minimum atomic E-state index is -4.13. The van der Waals surface area contributed by atoms with Crippen molar-refractivity contribution >= 4 is 31.4 Å². The Hall–Kier alpha value is -2.50. The van der Waals surface area contributed by atoms with Gasteiger partial charge in [-0.15, -0.1) is 0 Å². The van der Waals surface area contributed by atoms with Crippen LogP contribution < -0.4 is 9.44 Å². The van der Waals surface area contributed by atoms with Gasteiger partial charge in [0.05, 0.1) is 26.5 Å². The molecule has 0 heterocycles. The van der Waals surface area contributed by atoms with Gasteiger partial charge in [0.15, 0.2) is 0 Å². The Morgan fingerprint density at radius 1 is 1.04 bits per heavy atom. The SMILES string of the molecule is CNS(=O)(=O)c1cccc(NS(=O)(=O)c2cc[c]c([N+](=O)[O-])c2)c1. The van der Waals surface area contributed by atoms with Crippen molar-refractivity contribution in [3.63, 3.8) is 0 Å². The normalized spacial score (nSPS) is 11.9. The third-order valence-electron chi connectivity index (χ3n) is 2.93. The summed E-state index contributed by atoms with van der Waals surface area (Å²) >= 11 is 0. The molecule has 0 aliphatic carbocycles. The van der Waals surface area contributed by atoms with Gasteiger partial charge in [-0.1, -0.05) is 6.07 Å². The van der Waals surface area contributed by atoms with E-state index in [-0.39, 0.29) is 15.5 Å². The minimum absolute atomic E-state index is 0.00168. The van der Waals surface area contributed by atoms with Gasteiger partial charge in [-0.05, 0) is 37.4 Å². The second-order valence-corrected chi connectivity index (χ2v) is 8.08. The highest BCUT2D eigenvalue weighted by Crippen LogP contribution is 2.21. The van der Waals surface area contributed by atoms with Crippen molar-refractivity contribution in [3.05, 3.63) is 58.6 Å². The molecule has 0 unspecified atom stereocenters. The van der Waals surface area contributed by atoms with Crippen molar-refractivity contribution in [1.29, 1.82) is 0 Å². The molecular formula is C13H12N3O6S2. The quantitative estimate of drug-likeness (QED) is 0.577. The first-order valence-electron chi connectivity index (χ1n) is 6.38. The maximum atomic E-state index is 12.3. The first-order chi connectivity index (χ1) is 11.2. The topological polar surface area (TPSA) is 135 Å². The summed E-state index contributed by atoms with van der Waals surface area (Å²) in [7, 11) is -6.64. The molecule has 2 N–H and O–H groups in total. The lowest BCUT2D eigenvalue weighted by molar-refractivity contribution is -0.385. The van der Waals surface area contributed by atoms with E-state index in [2.05, 4.69) is 15.5 Å². The van der Waals surface area contributed by atoms with Gasteiger partial charge in [0.25, 0.3) is 15.7 Å². The van der Waals surface area contributed by atoms with Crippen LogP contribution in [0.2, 0.25) is 0 Å². The van der Waals surface area contributed by atoms with E-state index >= 15 is 0 Å². The molecular weight excluding hydrogens is 358 g/mol. The van der Waals surface area contributed by atoms with Crippen molar-refractivity contribution in [2.24, 2.45) is 0 Å². The number of hydrogen-bond donors (Lipinski definition) is 2. The van der Waals surface area contributed by atoms with E-state index < -0.39 is 30.7 Å². The molecule has 1 radical (unpaired) electrons. The van der Waals surface area contributed by atoms with E-state index in [1.807, 2.05) is 0 Å². The predicted octanol–water partition coefficient (Wildman–Crippen LogP) is 1.10. The molecule has 0 atom stereocenters. The molecule has 0 aliphatic rings. The molecule has 0 aliphatic heterocycles. The van der Waals surface area contributed by atoms with E-state index in [1.54, 1.807) is 0 Å². The van der Waals surface area contributed by atoms with E-state index in [1.165, 1.54) is 25.2 Å². The number of sulfonamides is 2. The molecule has 0 bridgehead atoms. The molecule has 0 spiro atoms. The molecule has 0 fully saturated rings. The summed E-state index contributed by atoms with van der Waals surface area (Å²) in [4.78, 5) is 9.48. The van der Waals surface area contributed by atoms with Crippen molar-refractivity contribution in [2.75, 3.05) is 11.8 Å². The van der Waals surface area contributed by atoms with Gasteiger partial charge in [0.2, 0.25) is 10.0 Å². The Kier molecular flexibility index (Phi) is 4.87. The summed E-state index contributed by atoms with van der Waals surface area (Å²) in [5.74, 6) is 0. The first-order valence-corrected chi connectivity index (χ1v) is 9.35. The number of benzene rings is 2. The lowest BCUT2D eigenvalue weighted by Crippen LogP contribution is -2.19. The summed E-state index contributed by atoms with van der Waals surface area (Å²) in [5.41, 5.74) is -0.494. The molecule has 2 rings (SSSR count). The molecule has 2 aromatic carbocycles. The number of anilines is 1. The van der Waals surface area contributed by atoms with Gasteiger partial charge in [0, 0.05) is 6.07 Å². The van der Waals surface area contributed by atoms with E-state index in [4.69, 9.17) is 0 Å². The lowest BCUT2D eigenvalue weighted by atomic mass is 10.3. The second kappa shape index (κ2) is 6.55. The van der Waals surface area contributed by atoms with Gasteiger partial charge in [-0.3, -0.25) is 14.8 Å². The summed E-state index contributed by atoms with van der Waals surface area (Å²) in [6, 6.07) is 10.6. The van der Waals surface area contributed by atoms with Gasteiger partial charge >= 0.3 is 0 Å². The Bertz CT molecular complexity index is 986. The predicted molar refractivity (Wildman–Crippen MR) is 85.4 cm³/mol. The smallest absolute Gasteiger partial charge is 0.278 e. The number of nitrogens with one attached hydrogen (secondary N) is 2. The summed E-state index contributed by atoms with van der Waals surface area (Å²) in [6.07, 6.45) is 0. The molecule has 127 valence electrons. The van der Waals surface area contributed by atoms with Crippen LogP contribution in [-0.4, -0.2) is 28.8 Å². The van der Waals surface area contributed by atoms with Crippen LogP contribution in [0, 0.1) is 16.2 Å². The Morgan fingerprint density at radius 3 is 2.33 bits per heavy atom. The fourth-order valence-corrected chi connectivity index (χ4v) is 3.61. The largest absolute Gasteiger partial charge is 0.280 e. The third kappa shape index (κ3) is 3.88. The molecule has 0 saturated heterocycles. The molecule has 0 aromatic heterocycles. The molecule has 11 heteroatoms. The van der Waals surface area contributed by atoms with Crippen molar-refractivity contribution in [1.82, 2.24) is 4.72 Å². The number of nitrogens with zero attached hydrogens (tertiary/aromatic N) is 1. The van der Waals surface area contributed by atoms with E-state index in [0.717, 1.165) is 24.3 Å². The van der Waals surface area contributed by atoms with Crippen molar-refractivity contribution in [3.8, 4) is 0 Å². The summed E-state index contributed by atoms with van der Waals surface area (Å²) in [5, 5.41) is 10.7. The highest BCUT2D eigenvalue weighted by atomic mass is 32.2. The van der Waals surface area contributed by atoms with Crippen LogP contribution in [0.15, 0.2) is 52.3 Å². The highest BCUT2D eigenvalue weighted by molar-refractivity contribution is 7.92. The molecule has 0 amide bonds. The second-order valence-electron chi connectivity index (χ2n) is 4.51. The Labute approximate surface area is 138 Å². The van der Waals surface area contributed by atoms with Gasteiger partial charge < -0.3 is 0 Å². The van der Waals surface area contributed by atoms with Gasteiger partial charge in [-0.2, -0.15) is 0 Å². The van der Waals surface area contributed by atoms with Crippen molar-refractivity contribution < 1.29 is 21.8 Å². The molecule has 0 saturated carbocycles. The maximum Gasteiger partial charge on any atom is 0.278 e. The average molecular weight is 370 g/mol. The maximum absolute atomic E-state index is 12.3. The first kappa shape index (κ1) is 17.8. The van der Waals surface area contributed by atoms with Crippen LogP contribution in [0.4, 0.5) is 11.4 Å². The molecule has 24 heavy (non-hydrogen) atoms. The summed E-state index contributed by atoms with van der Waals surface area (Å²) < 4.78 is 52.4. The van der Waals surface area contributed by atoms with Crippen LogP contribution in [0.3, 0.4) is 0 Å². The fourth-order valence-electron chi connectivity index (χ4n) is 1.76. The number of non-ortho nitro benzene ring substituents is 1. The fraction of sp³-hybridized carbons (Fsp3) is 0.0769. The van der Waals surface area contributed by atoms with Gasteiger partial charge in [0.1, 0.15) is 0 Å². The third-order valence-corrected chi connectivity index (χ3v) is 5.72. The standard InChI is InChI=1S/C13H12N3O6S2/c1-14-23(19,20)12-6-2-4-10(8-12)15-24(21,22)13-7-3-5-11(9-13)16(17)18/h2-4,6-9,14-15H,1H3. The van der Waals surface area contributed by atoms with Crippen LogP contribution in [0.5, 0.6) is 0 Å². The average Bonchev–Trinajstić information content (AvgIpc) is 2.55. The number of nitro benzene ring substituents is 1. The molecule has 9 nitrogen and oxygen atoms in total. The van der Waals surface area contributed by atoms with Crippen LogP contribution in [0.1, 0.15) is 0 Å². The summed E-state index contributed by atoms with van der Waals surface area (Å²) in [6.45, 7) is 0. The highest BCUT2D eigenvalue weighted by Gasteiger charge is 2.19. The van der Waals surface area contributed by atoms with Gasteiger partial charge in [-0.25, -0.2) is 21.6 Å². The van der Waals surface area contributed by atoms with E-state index in [9.17, 15) is 26.9 Å². The number of rotatable bonds is 6. The van der Waals surface area contributed by atoms with Crippen LogP contribution >= 0.6 is 0 Å². The van der Waals surface area contributed by atoms with Crippen LogP contribution in [0.25, 0.3) is 0 Å². The van der Waals surface area contributed by atoms with Crippen molar-refractivity contribution in [2.45, 2.75) is 9.79 Å². The monoisotopic (exact) mass is 370 g/mol. The van der Waals surface area contributed by atoms with Crippen LogP contribution in [-0.2, 0) is 20.0 Å². The molecule has 2 aromatic rings. The lowest BCUT2D eigenvalue weighted by Gasteiger charge is -2.09. The zero-order chi connectivity index (χ0) is 18.0. The minimum Gasteiger partial charge on any atom is -0.280 e. The Morgan fingerprint density at radius 2 is 1.71 bits per heavy atom. The number of hydrogen-bond acceptors (Lipinski definition) is 6. The zero-order valence-electron chi connectivity index (χ0n) is 12.3. The van der Waals surface area contributed by atoms with E-state index in [0.29, 0.717) is 0 Å².